The highest BCUT2D eigenvalue weighted by atomic mass is 16.5. The second-order valence-electron chi connectivity index (χ2n) is 9.26. The minimum atomic E-state index is -0.848. The summed E-state index contributed by atoms with van der Waals surface area (Å²) in [7, 11) is 1.53. The summed E-state index contributed by atoms with van der Waals surface area (Å²) in [5, 5.41) is 11.5. The van der Waals surface area contributed by atoms with Crippen molar-refractivity contribution in [2.45, 2.75) is 46.6 Å². The lowest BCUT2D eigenvalue weighted by atomic mass is 9.96. The number of benzene rings is 1. The molecule has 1 aliphatic heterocycles. The van der Waals surface area contributed by atoms with Crippen LogP contribution >= 0.6 is 0 Å². The fourth-order valence-electron chi connectivity index (χ4n) is 4.73. The number of carbonyl (C=O) groups is 2. The number of likely N-dealkylation sites (tertiary alicyclic amines) is 1. The van der Waals surface area contributed by atoms with E-state index >= 15 is 0 Å². The maximum Gasteiger partial charge on any atom is 0.295 e. The number of imidazole rings is 1. The Morgan fingerprint density at radius 2 is 1.87 bits per heavy atom. The Morgan fingerprint density at radius 1 is 1.08 bits per heavy atom. The van der Waals surface area contributed by atoms with Crippen molar-refractivity contribution in [1.82, 2.24) is 14.3 Å². The average molecular weight is 522 g/mol. The highest BCUT2D eigenvalue weighted by molar-refractivity contribution is 6.46. The van der Waals surface area contributed by atoms with Gasteiger partial charge in [-0.3, -0.25) is 9.59 Å². The quantitative estimate of drug-likeness (QED) is 0.170. The van der Waals surface area contributed by atoms with E-state index in [9.17, 15) is 14.7 Å². The molecule has 9 heteroatoms. The third kappa shape index (κ3) is 4.98. The fraction of sp³-hybridized carbons (Fsp3) is 0.414. The van der Waals surface area contributed by atoms with Crippen LogP contribution in [0.3, 0.4) is 0 Å². The molecule has 0 bridgehead atoms. The molecule has 0 saturated carbocycles. The van der Waals surface area contributed by atoms with Crippen molar-refractivity contribution in [3.63, 3.8) is 0 Å². The van der Waals surface area contributed by atoms with Gasteiger partial charge in [0, 0.05) is 19.9 Å². The van der Waals surface area contributed by atoms with Gasteiger partial charge in [-0.15, -0.1) is 0 Å². The minimum absolute atomic E-state index is 0.0163. The Balaban J connectivity index is 1.87. The smallest absolute Gasteiger partial charge is 0.295 e. The van der Waals surface area contributed by atoms with Crippen LogP contribution in [0.2, 0.25) is 0 Å². The predicted octanol–water partition coefficient (Wildman–Crippen LogP) is 4.60. The Kier molecular flexibility index (Phi) is 8.36. The molecule has 1 aliphatic rings. The number of aliphatic hydroxyl groups is 1. The summed E-state index contributed by atoms with van der Waals surface area (Å²) in [5.74, 6) is -0.678. The number of aryl methyl sites for hydroxylation is 2. The van der Waals surface area contributed by atoms with Gasteiger partial charge < -0.3 is 28.6 Å². The minimum Gasteiger partial charge on any atom is -0.505 e. The van der Waals surface area contributed by atoms with Crippen LogP contribution in [-0.4, -0.2) is 64.6 Å². The maximum atomic E-state index is 13.4. The number of aliphatic hydroxyl groups excluding tert-OH is 1. The molecule has 0 radical (unpaired) electrons. The molecule has 1 saturated heterocycles. The van der Waals surface area contributed by atoms with Crippen LogP contribution in [0.4, 0.5) is 0 Å². The molecule has 9 nitrogen and oxygen atoms in total. The number of amides is 1. The van der Waals surface area contributed by atoms with Crippen molar-refractivity contribution >= 4 is 23.1 Å². The number of ether oxygens (including phenoxy) is 3. The van der Waals surface area contributed by atoms with E-state index in [1.165, 1.54) is 12.0 Å². The number of carbonyl (C=O) groups excluding carboxylic acids is 2. The van der Waals surface area contributed by atoms with Gasteiger partial charge in [0.25, 0.3) is 11.7 Å². The lowest BCUT2D eigenvalue weighted by Gasteiger charge is -2.25. The normalized spacial score (nSPS) is 17.0. The summed E-state index contributed by atoms with van der Waals surface area (Å²) in [6.07, 6.45) is 3.75. The number of pyridine rings is 1. The van der Waals surface area contributed by atoms with Crippen molar-refractivity contribution in [3.05, 3.63) is 64.6 Å². The first-order valence-electron chi connectivity index (χ1n) is 12.9. The Labute approximate surface area is 222 Å². The van der Waals surface area contributed by atoms with E-state index in [1.54, 1.807) is 18.2 Å². The van der Waals surface area contributed by atoms with Crippen molar-refractivity contribution < 1.29 is 28.9 Å². The van der Waals surface area contributed by atoms with Crippen LogP contribution in [-0.2, 0) is 14.3 Å². The first-order chi connectivity index (χ1) is 18.3. The number of aromatic nitrogens is 2. The fourth-order valence-corrected chi connectivity index (χ4v) is 4.73. The van der Waals surface area contributed by atoms with Gasteiger partial charge in [0.05, 0.1) is 37.1 Å². The number of nitrogens with zero attached hydrogens (tertiary/aromatic N) is 3. The van der Waals surface area contributed by atoms with Crippen LogP contribution < -0.4 is 9.47 Å². The monoisotopic (exact) mass is 521 g/mol. The molecule has 202 valence electrons. The van der Waals surface area contributed by atoms with E-state index in [2.05, 4.69) is 11.9 Å². The number of ketones is 1. The molecule has 4 rings (SSSR count). The molecule has 0 aliphatic carbocycles. The maximum absolute atomic E-state index is 13.4. The number of unbranched alkanes of at least 4 members (excludes halogenated alkanes) is 1. The molecular formula is C29H35N3O6. The molecule has 1 unspecified atom stereocenters. The molecule has 1 N–H and O–H groups in total. The van der Waals surface area contributed by atoms with E-state index in [0.29, 0.717) is 41.6 Å². The summed E-state index contributed by atoms with van der Waals surface area (Å²) < 4.78 is 18.9. The predicted molar refractivity (Wildman–Crippen MR) is 144 cm³/mol. The van der Waals surface area contributed by atoms with E-state index in [-0.39, 0.29) is 30.2 Å². The molecule has 1 fully saturated rings. The average Bonchev–Trinajstić information content (AvgIpc) is 3.38. The van der Waals surface area contributed by atoms with Crippen LogP contribution in [0.15, 0.2) is 42.1 Å². The SMILES string of the molecule is CCCCOc1ccc(C2C(=C(O)c3nc4c(C)cccn4c3C)C(=O)C(=O)N2CCOC)cc1OCC. The lowest BCUT2D eigenvalue weighted by molar-refractivity contribution is -0.140. The van der Waals surface area contributed by atoms with E-state index in [0.717, 1.165) is 18.4 Å². The van der Waals surface area contributed by atoms with Crippen LogP contribution in [0.5, 0.6) is 11.5 Å². The number of rotatable bonds is 11. The van der Waals surface area contributed by atoms with E-state index < -0.39 is 17.7 Å². The molecular weight excluding hydrogens is 486 g/mol. The van der Waals surface area contributed by atoms with Gasteiger partial charge >= 0.3 is 0 Å². The highest BCUT2D eigenvalue weighted by Crippen LogP contribution is 2.42. The van der Waals surface area contributed by atoms with E-state index in [1.807, 2.05) is 43.5 Å². The van der Waals surface area contributed by atoms with Gasteiger partial charge in [0.2, 0.25) is 0 Å². The summed E-state index contributed by atoms with van der Waals surface area (Å²) in [4.78, 5) is 32.6. The Hall–Kier alpha value is -3.85. The first kappa shape index (κ1) is 27.2. The van der Waals surface area contributed by atoms with Gasteiger partial charge in [-0.1, -0.05) is 25.5 Å². The van der Waals surface area contributed by atoms with Gasteiger partial charge in [0.15, 0.2) is 17.3 Å². The number of fused-ring (bicyclic) bond motifs is 1. The topological polar surface area (TPSA) is 103 Å². The zero-order chi connectivity index (χ0) is 27.4. The summed E-state index contributed by atoms with van der Waals surface area (Å²) in [6.45, 7) is 9.07. The van der Waals surface area contributed by atoms with Crippen LogP contribution in [0.1, 0.15) is 55.2 Å². The zero-order valence-electron chi connectivity index (χ0n) is 22.6. The molecule has 0 spiro atoms. The van der Waals surface area contributed by atoms with Crippen molar-refractivity contribution in [1.29, 1.82) is 0 Å². The van der Waals surface area contributed by atoms with Crippen molar-refractivity contribution in [3.8, 4) is 11.5 Å². The van der Waals surface area contributed by atoms with Gasteiger partial charge in [-0.05, 0) is 56.5 Å². The summed E-state index contributed by atoms with van der Waals surface area (Å²) in [6, 6.07) is 8.33. The number of Topliss-reactive ketones (excluding diaryl/α,β-unsaturated/α-hetero) is 1. The van der Waals surface area contributed by atoms with E-state index in [4.69, 9.17) is 14.2 Å². The Morgan fingerprint density at radius 3 is 2.55 bits per heavy atom. The number of methoxy groups -OCH3 is 1. The largest absolute Gasteiger partial charge is 0.505 e. The second-order valence-corrected chi connectivity index (χ2v) is 9.26. The Bertz CT molecular complexity index is 1380. The molecule has 3 heterocycles. The van der Waals surface area contributed by atoms with Crippen molar-refractivity contribution in [2.24, 2.45) is 0 Å². The molecule has 3 aromatic rings. The number of hydrogen-bond donors (Lipinski definition) is 1. The molecule has 1 amide bonds. The molecule has 38 heavy (non-hydrogen) atoms. The van der Waals surface area contributed by atoms with Gasteiger partial charge in [0.1, 0.15) is 11.3 Å². The second kappa shape index (κ2) is 11.7. The van der Waals surface area contributed by atoms with Crippen molar-refractivity contribution in [2.75, 3.05) is 33.5 Å². The number of hydrogen-bond acceptors (Lipinski definition) is 7. The third-order valence-corrected chi connectivity index (χ3v) is 6.72. The first-order valence-corrected chi connectivity index (χ1v) is 12.9. The summed E-state index contributed by atoms with van der Waals surface area (Å²) in [5.41, 5.74) is 3.12. The van der Waals surface area contributed by atoms with Gasteiger partial charge in [-0.2, -0.15) is 0 Å². The van der Waals surface area contributed by atoms with Gasteiger partial charge in [-0.25, -0.2) is 4.98 Å². The standard InChI is InChI=1S/C29H35N3O6/c1-6-8-15-38-21-12-11-20(17-22(21)37-7-2)25-23(27(34)29(35)32(25)14-16-36-5)26(33)24-19(4)31-13-9-10-18(3)28(31)30-24/h9-13,17,25,33H,6-8,14-16H2,1-5H3. The third-order valence-electron chi connectivity index (χ3n) is 6.72. The highest BCUT2D eigenvalue weighted by Gasteiger charge is 2.46. The van der Waals surface area contributed by atoms with Crippen LogP contribution in [0.25, 0.3) is 11.4 Å². The molecule has 1 aromatic carbocycles. The molecule has 2 aromatic heterocycles. The zero-order valence-corrected chi connectivity index (χ0v) is 22.6. The lowest BCUT2D eigenvalue weighted by Crippen LogP contribution is -2.32. The summed E-state index contributed by atoms with van der Waals surface area (Å²) >= 11 is 0. The van der Waals surface area contributed by atoms with Crippen LogP contribution in [0, 0.1) is 13.8 Å². The molecule has 1 atom stereocenters.